The molecule has 2 atom stereocenters. The van der Waals surface area contributed by atoms with E-state index in [1.54, 1.807) is 0 Å². The molecule has 15 heavy (non-hydrogen) atoms. The van der Waals surface area contributed by atoms with Crippen LogP contribution >= 0.6 is 0 Å². The first-order chi connectivity index (χ1) is 7.13. The van der Waals surface area contributed by atoms with Crippen LogP contribution < -0.4 is 5.32 Å². The average molecular weight is 212 g/mol. The first-order valence-corrected chi connectivity index (χ1v) is 6.61. The summed E-state index contributed by atoms with van der Waals surface area (Å²) in [5, 5.41) is 3.55. The zero-order valence-electron chi connectivity index (χ0n) is 10.9. The van der Waals surface area contributed by atoms with E-state index in [1.807, 2.05) is 0 Å². The summed E-state index contributed by atoms with van der Waals surface area (Å²) >= 11 is 0. The topological polar surface area (TPSA) is 15.3 Å². The predicted octanol–water partition coefficient (Wildman–Crippen LogP) is 2.49. The van der Waals surface area contributed by atoms with Gasteiger partial charge >= 0.3 is 0 Å². The Hall–Kier alpha value is -0.0800. The molecule has 1 aliphatic heterocycles. The molecule has 1 saturated heterocycles. The summed E-state index contributed by atoms with van der Waals surface area (Å²) in [5.41, 5.74) is 0. The van der Waals surface area contributed by atoms with E-state index in [0.29, 0.717) is 6.04 Å². The monoisotopic (exact) mass is 212 g/mol. The molecule has 1 fully saturated rings. The van der Waals surface area contributed by atoms with Gasteiger partial charge in [-0.2, -0.15) is 0 Å². The minimum atomic E-state index is 0.632. The molecule has 1 N–H and O–H groups in total. The standard InChI is InChI=1S/C13H28N2/c1-5-6-12(4)15-8-7-13(10-15)9-14-11(2)3/h11-14H,5-10H2,1-4H3. The summed E-state index contributed by atoms with van der Waals surface area (Å²) in [6.45, 7) is 12.9. The van der Waals surface area contributed by atoms with Crippen LogP contribution in [0.25, 0.3) is 0 Å². The molecule has 1 rings (SSSR count). The van der Waals surface area contributed by atoms with Crippen molar-refractivity contribution in [2.24, 2.45) is 5.92 Å². The Morgan fingerprint density at radius 2 is 2.07 bits per heavy atom. The maximum atomic E-state index is 3.55. The van der Waals surface area contributed by atoms with Crippen molar-refractivity contribution in [3.8, 4) is 0 Å². The lowest BCUT2D eigenvalue weighted by atomic mass is 10.1. The number of likely N-dealkylation sites (tertiary alicyclic amines) is 1. The molecule has 0 amide bonds. The molecular formula is C13H28N2. The Morgan fingerprint density at radius 1 is 1.33 bits per heavy atom. The quantitative estimate of drug-likeness (QED) is 0.728. The number of nitrogens with zero attached hydrogens (tertiary/aromatic N) is 1. The van der Waals surface area contributed by atoms with Crippen LogP contribution in [-0.2, 0) is 0 Å². The van der Waals surface area contributed by atoms with Gasteiger partial charge in [0.25, 0.3) is 0 Å². The van der Waals surface area contributed by atoms with Crippen molar-refractivity contribution in [3.63, 3.8) is 0 Å². The second-order valence-electron chi connectivity index (χ2n) is 5.35. The average Bonchev–Trinajstić information content (AvgIpc) is 2.63. The van der Waals surface area contributed by atoms with E-state index in [4.69, 9.17) is 0 Å². The normalized spacial score (nSPS) is 25.0. The third kappa shape index (κ3) is 4.52. The summed E-state index contributed by atoms with van der Waals surface area (Å²) < 4.78 is 0. The van der Waals surface area contributed by atoms with Gasteiger partial charge < -0.3 is 10.2 Å². The predicted molar refractivity (Wildman–Crippen MR) is 67.2 cm³/mol. The highest BCUT2D eigenvalue weighted by Gasteiger charge is 2.25. The summed E-state index contributed by atoms with van der Waals surface area (Å²) in [5.74, 6) is 0.881. The number of rotatable bonds is 6. The van der Waals surface area contributed by atoms with Gasteiger partial charge in [0, 0.05) is 18.6 Å². The van der Waals surface area contributed by atoms with Crippen LogP contribution in [0, 0.1) is 5.92 Å². The fourth-order valence-corrected chi connectivity index (χ4v) is 2.43. The van der Waals surface area contributed by atoms with Gasteiger partial charge in [0.15, 0.2) is 0 Å². The summed E-state index contributed by atoms with van der Waals surface area (Å²) in [4.78, 5) is 2.66. The van der Waals surface area contributed by atoms with Gasteiger partial charge in [0.1, 0.15) is 0 Å². The van der Waals surface area contributed by atoms with E-state index in [-0.39, 0.29) is 0 Å². The molecule has 90 valence electrons. The zero-order chi connectivity index (χ0) is 11.3. The number of hydrogen-bond donors (Lipinski definition) is 1. The highest BCUT2D eigenvalue weighted by atomic mass is 15.2. The van der Waals surface area contributed by atoms with Crippen molar-refractivity contribution in [1.29, 1.82) is 0 Å². The van der Waals surface area contributed by atoms with E-state index in [2.05, 4.69) is 37.9 Å². The summed E-state index contributed by atoms with van der Waals surface area (Å²) in [6.07, 6.45) is 4.05. The smallest absolute Gasteiger partial charge is 0.00669 e. The second kappa shape index (κ2) is 6.49. The van der Waals surface area contributed by atoms with Crippen LogP contribution in [0.3, 0.4) is 0 Å². The van der Waals surface area contributed by atoms with Crippen LogP contribution in [0.1, 0.15) is 47.0 Å². The Bertz CT molecular complexity index is 168. The highest BCUT2D eigenvalue weighted by Crippen LogP contribution is 2.19. The van der Waals surface area contributed by atoms with E-state index in [0.717, 1.165) is 12.0 Å². The lowest BCUT2D eigenvalue weighted by molar-refractivity contribution is 0.235. The van der Waals surface area contributed by atoms with E-state index in [1.165, 1.54) is 38.9 Å². The van der Waals surface area contributed by atoms with Crippen molar-refractivity contribution in [3.05, 3.63) is 0 Å². The zero-order valence-corrected chi connectivity index (χ0v) is 10.9. The van der Waals surface area contributed by atoms with Crippen molar-refractivity contribution in [1.82, 2.24) is 10.2 Å². The summed E-state index contributed by atoms with van der Waals surface area (Å²) in [7, 11) is 0. The molecular weight excluding hydrogens is 184 g/mol. The number of nitrogens with one attached hydrogen (secondary N) is 1. The van der Waals surface area contributed by atoms with Crippen LogP contribution in [0.2, 0.25) is 0 Å². The second-order valence-corrected chi connectivity index (χ2v) is 5.35. The Labute approximate surface area is 95.4 Å². The maximum absolute atomic E-state index is 3.55. The molecule has 1 aliphatic rings. The SMILES string of the molecule is CCCC(C)N1CCC(CNC(C)C)C1. The van der Waals surface area contributed by atoms with Crippen molar-refractivity contribution in [2.75, 3.05) is 19.6 Å². The fourth-order valence-electron chi connectivity index (χ4n) is 2.43. The molecule has 0 bridgehead atoms. The molecule has 2 heteroatoms. The van der Waals surface area contributed by atoms with E-state index < -0.39 is 0 Å². The first kappa shape index (κ1) is 13.0. The number of hydrogen-bond acceptors (Lipinski definition) is 2. The van der Waals surface area contributed by atoms with E-state index in [9.17, 15) is 0 Å². The van der Waals surface area contributed by atoms with Gasteiger partial charge in [0.2, 0.25) is 0 Å². The third-order valence-corrected chi connectivity index (χ3v) is 3.46. The van der Waals surface area contributed by atoms with Crippen molar-refractivity contribution in [2.45, 2.75) is 59.0 Å². The minimum Gasteiger partial charge on any atom is -0.314 e. The van der Waals surface area contributed by atoms with Crippen molar-refractivity contribution < 1.29 is 0 Å². The van der Waals surface area contributed by atoms with Gasteiger partial charge in [0.05, 0.1) is 0 Å². The van der Waals surface area contributed by atoms with Crippen LogP contribution in [-0.4, -0.2) is 36.6 Å². The lowest BCUT2D eigenvalue weighted by Crippen LogP contribution is -2.34. The van der Waals surface area contributed by atoms with Gasteiger partial charge in [-0.25, -0.2) is 0 Å². The van der Waals surface area contributed by atoms with Gasteiger partial charge in [-0.05, 0) is 38.8 Å². The Morgan fingerprint density at radius 3 is 2.67 bits per heavy atom. The molecule has 1 heterocycles. The summed E-state index contributed by atoms with van der Waals surface area (Å²) in [6, 6.07) is 1.42. The van der Waals surface area contributed by atoms with Gasteiger partial charge in [-0.3, -0.25) is 0 Å². The first-order valence-electron chi connectivity index (χ1n) is 6.61. The van der Waals surface area contributed by atoms with Crippen LogP contribution in [0.4, 0.5) is 0 Å². The van der Waals surface area contributed by atoms with Crippen LogP contribution in [0.15, 0.2) is 0 Å². The Balaban J connectivity index is 2.20. The molecule has 0 aliphatic carbocycles. The van der Waals surface area contributed by atoms with Crippen LogP contribution in [0.5, 0.6) is 0 Å². The maximum Gasteiger partial charge on any atom is 0.00669 e. The molecule has 0 aromatic heterocycles. The van der Waals surface area contributed by atoms with Gasteiger partial charge in [-0.15, -0.1) is 0 Å². The Kier molecular flexibility index (Phi) is 5.62. The largest absolute Gasteiger partial charge is 0.314 e. The van der Waals surface area contributed by atoms with Crippen molar-refractivity contribution >= 4 is 0 Å². The lowest BCUT2D eigenvalue weighted by Gasteiger charge is -2.24. The molecule has 0 radical (unpaired) electrons. The molecule has 0 spiro atoms. The van der Waals surface area contributed by atoms with Gasteiger partial charge in [-0.1, -0.05) is 27.2 Å². The minimum absolute atomic E-state index is 0.632. The molecule has 0 saturated carbocycles. The highest BCUT2D eigenvalue weighted by molar-refractivity contribution is 4.80. The van der Waals surface area contributed by atoms with E-state index >= 15 is 0 Å². The fraction of sp³-hybridized carbons (Fsp3) is 1.00. The molecule has 2 nitrogen and oxygen atoms in total. The third-order valence-electron chi connectivity index (χ3n) is 3.46. The molecule has 2 unspecified atom stereocenters. The molecule has 0 aromatic rings. The molecule has 0 aromatic carbocycles.